The zero-order valence-corrected chi connectivity index (χ0v) is 11.5. The van der Waals surface area contributed by atoms with Crippen molar-refractivity contribution in [1.29, 1.82) is 0 Å². The summed E-state index contributed by atoms with van der Waals surface area (Å²) >= 11 is 0. The molecule has 0 spiro atoms. The lowest BCUT2D eigenvalue weighted by molar-refractivity contribution is 0.998. The molecule has 0 atom stereocenters. The number of rotatable bonds is 2. The van der Waals surface area contributed by atoms with E-state index < -0.39 is 0 Å². The van der Waals surface area contributed by atoms with Crippen molar-refractivity contribution in [3.63, 3.8) is 0 Å². The predicted octanol–water partition coefficient (Wildman–Crippen LogP) is 2.17. The summed E-state index contributed by atoms with van der Waals surface area (Å²) in [6.07, 6.45) is 8.35. The Kier molecular flexibility index (Phi) is 2.79. The van der Waals surface area contributed by atoms with Crippen molar-refractivity contribution in [2.24, 2.45) is 0 Å². The average Bonchev–Trinajstić information content (AvgIpc) is 3.11. The van der Waals surface area contributed by atoms with E-state index in [-0.39, 0.29) is 5.56 Å². The molecule has 3 aromatic heterocycles. The first-order valence-electron chi connectivity index (χ1n) is 6.75. The molecule has 0 bridgehead atoms. The van der Waals surface area contributed by atoms with E-state index in [2.05, 4.69) is 20.2 Å². The number of hydrogen-bond donors (Lipinski definition) is 1. The fourth-order valence-electron chi connectivity index (χ4n) is 2.44. The molecule has 0 saturated heterocycles. The van der Waals surface area contributed by atoms with Crippen molar-refractivity contribution >= 4 is 11.0 Å². The molecule has 4 aromatic rings. The van der Waals surface area contributed by atoms with Gasteiger partial charge in [0.1, 0.15) is 5.52 Å². The van der Waals surface area contributed by atoms with Crippen LogP contribution in [0.25, 0.3) is 27.8 Å². The monoisotopic (exact) mass is 289 g/mol. The van der Waals surface area contributed by atoms with Crippen LogP contribution in [0.5, 0.6) is 0 Å². The Morgan fingerprint density at radius 3 is 2.50 bits per heavy atom. The molecule has 22 heavy (non-hydrogen) atoms. The number of fused-ring (bicyclic) bond motifs is 1. The van der Waals surface area contributed by atoms with Crippen LogP contribution in [-0.4, -0.2) is 24.7 Å². The molecule has 3 heterocycles. The largest absolute Gasteiger partial charge is 0.285 e. The summed E-state index contributed by atoms with van der Waals surface area (Å²) in [6.45, 7) is 0. The molecule has 1 aromatic carbocycles. The van der Waals surface area contributed by atoms with Crippen LogP contribution in [0.4, 0.5) is 0 Å². The Morgan fingerprint density at radius 1 is 1.00 bits per heavy atom. The van der Waals surface area contributed by atoms with Crippen LogP contribution >= 0.6 is 0 Å². The van der Waals surface area contributed by atoms with Gasteiger partial charge < -0.3 is 0 Å². The molecule has 0 radical (unpaired) electrons. The fraction of sp³-hybridized carbons (Fsp3) is 0. The molecular formula is C16H11N5O. The van der Waals surface area contributed by atoms with Gasteiger partial charge in [-0.3, -0.25) is 19.4 Å². The first-order chi connectivity index (χ1) is 10.8. The third-order valence-corrected chi connectivity index (χ3v) is 3.48. The first-order valence-corrected chi connectivity index (χ1v) is 6.75. The molecule has 0 saturated carbocycles. The van der Waals surface area contributed by atoms with Crippen molar-refractivity contribution in [1.82, 2.24) is 24.7 Å². The summed E-state index contributed by atoms with van der Waals surface area (Å²) < 4.78 is 1.58. The van der Waals surface area contributed by atoms with Crippen molar-refractivity contribution in [2.45, 2.75) is 0 Å². The van der Waals surface area contributed by atoms with E-state index in [0.717, 1.165) is 16.8 Å². The van der Waals surface area contributed by atoms with Crippen LogP contribution in [0.3, 0.4) is 0 Å². The third kappa shape index (κ3) is 1.89. The second-order valence-electron chi connectivity index (χ2n) is 4.79. The van der Waals surface area contributed by atoms with E-state index in [1.807, 2.05) is 30.3 Å². The maximum Gasteiger partial charge on any atom is 0.283 e. The van der Waals surface area contributed by atoms with Gasteiger partial charge in [0.25, 0.3) is 5.56 Å². The number of H-pyrrole nitrogens is 1. The summed E-state index contributed by atoms with van der Waals surface area (Å²) in [5.74, 6) is 0. The lowest BCUT2D eigenvalue weighted by Crippen LogP contribution is -2.19. The van der Waals surface area contributed by atoms with E-state index >= 15 is 0 Å². The maximum atomic E-state index is 12.7. The number of aromatic amines is 1. The molecule has 0 aliphatic rings. The van der Waals surface area contributed by atoms with Gasteiger partial charge in [0.05, 0.1) is 6.20 Å². The second-order valence-corrected chi connectivity index (χ2v) is 4.79. The van der Waals surface area contributed by atoms with E-state index in [4.69, 9.17) is 0 Å². The number of nitrogens with zero attached hydrogens (tertiary/aromatic N) is 4. The number of hydrogen-bond acceptors (Lipinski definition) is 4. The van der Waals surface area contributed by atoms with E-state index in [0.29, 0.717) is 11.0 Å². The zero-order valence-electron chi connectivity index (χ0n) is 11.5. The molecule has 0 amide bonds. The van der Waals surface area contributed by atoms with E-state index in [1.54, 1.807) is 29.4 Å². The van der Waals surface area contributed by atoms with Crippen LogP contribution in [0.1, 0.15) is 0 Å². The summed E-state index contributed by atoms with van der Waals surface area (Å²) in [6, 6.07) is 9.44. The van der Waals surface area contributed by atoms with Crippen molar-refractivity contribution < 1.29 is 0 Å². The number of aromatic nitrogens is 5. The minimum atomic E-state index is -0.193. The number of benzene rings is 1. The van der Waals surface area contributed by atoms with Crippen LogP contribution in [0.15, 0.2) is 66.1 Å². The Bertz CT molecular complexity index is 990. The molecule has 4 rings (SSSR count). The number of nitrogens with one attached hydrogen (secondary N) is 1. The Morgan fingerprint density at radius 2 is 1.77 bits per heavy atom. The highest BCUT2D eigenvalue weighted by molar-refractivity contribution is 5.90. The Balaban J connectivity index is 2.12. The SMILES string of the molecule is O=c1c2nccnc2c(-c2cn[nH]c2)cn1-c1ccccc1. The number of para-hydroxylation sites is 1. The maximum absolute atomic E-state index is 12.7. The Hall–Kier alpha value is -3.28. The van der Waals surface area contributed by atoms with Gasteiger partial charge in [0, 0.05) is 41.6 Å². The molecule has 6 heteroatoms. The summed E-state index contributed by atoms with van der Waals surface area (Å²) in [7, 11) is 0. The summed E-state index contributed by atoms with van der Waals surface area (Å²) in [5, 5.41) is 6.75. The van der Waals surface area contributed by atoms with Gasteiger partial charge in [-0.1, -0.05) is 18.2 Å². The highest BCUT2D eigenvalue weighted by Gasteiger charge is 2.13. The van der Waals surface area contributed by atoms with Crippen LogP contribution in [0, 0.1) is 0 Å². The topological polar surface area (TPSA) is 76.5 Å². The van der Waals surface area contributed by atoms with Crippen LogP contribution in [-0.2, 0) is 0 Å². The van der Waals surface area contributed by atoms with Gasteiger partial charge in [0.2, 0.25) is 0 Å². The normalized spacial score (nSPS) is 10.9. The van der Waals surface area contributed by atoms with Gasteiger partial charge in [-0.25, -0.2) is 4.98 Å². The molecule has 1 N–H and O–H groups in total. The van der Waals surface area contributed by atoms with Crippen LogP contribution in [0.2, 0.25) is 0 Å². The van der Waals surface area contributed by atoms with Crippen molar-refractivity contribution in [3.05, 3.63) is 71.7 Å². The first kappa shape index (κ1) is 12.5. The highest BCUT2D eigenvalue weighted by atomic mass is 16.1. The second kappa shape index (κ2) is 4.92. The molecule has 6 nitrogen and oxygen atoms in total. The van der Waals surface area contributed by atoms with Crippen molar-refractivity contribution in [2.75, 3.05) is 0 Å². The molecule has 0 unspecified atom stereocenters. The molecule has 106 valence electrons. The highest BCUT2D eigenvalue weighted by Crippen LogP contribution is 2.24. The number of pyridine rings is 1. The van der Waals surface area contributed by atoms with Gasteiger partial charge in [-0.05, 0) is 12.1 Å². The smallest absolute Gasteiger partial charge is 0.283 e. The third-order valence-electron chi connectivity index (χ3n) is 3.48. The summed E-state index contributed by atoms with van der Waals surface area (Å²) in [5.41, 5.74) is 3.16. The molecule has 0 aliphatic carbocycles. The van der Waals surface area contributed by atoms with Crippen LogP contribution < -0.4 is 5.56 Å². The Labute approximate surface area is 125 Å². The van der Waals surface area contributed by atoms with Gasteiger partial charge in [-0.15, -0.1) is 0 Å². The summed E-state index contributed by atoms with van der Waals surface area (Å²) in [4.78, 5) is 21.2. The molecule has 0 aliphatic heterocycles. The lowest BCUT2D eigenvalue weighted by atomic mass is 10.1. The zero-order chi connectivity index (χ0) is 14.9. The standard InChI is InChI=1S/C16H11N5O/c22-16-15-14(17-6-7-18-15)13(11-8-19-20-9-11)10-21(16)12-4-2-1-3-5-12/h1-10H,(H,19,20). The quantitative estimate of drug-likeness (QED) is 0.613. The predicted molar refractivity (Wildman–Crippen MR) is 82.7 cm³/mol. The van der Waals surface area contributed by atoms with E-state index in [9.17, 15) is 4.79 Å². The molecular weight excluding hydrogens is 278 g/mol. The van der Waals surface area contributed by atoms with Gasteiger partial charge in [-0.2, -0.15) is 5.10 Å². The molecule has 0 fully saturated rings. The van der Waals surface area contributed by atoms with E-state index in [1.165, 1.54) is 6.20 Å². The minimum Gasteiger partial charge on any atom is -0.285 e. The minimum absolute atomic E-state index is 0.193. The van der Waals surface area contributed by atoms with Crippen molar-refractivity contribution in [3.8, 4) is 16.8 Å². The average molecular weight is 289 g/mol. The van der Waals surface area contributed by atoms with Gasteiger partial charge in [0.15, 0.2) is 5.52 Å². The lowest BCUT2D eigenvalue weighted by Gasteiger charge is -2.10. The fourth-order valence-corrected chi connectivity index (χ4v) is 2.44. The van der Waals surface area contributed by atoms with Gasteiger partial charge >= 0.3 is 0 Å².